The van der Waals surface area contributed by atoms with Crippen LogP contribution in [-0.2, 0) is 9.31 Å². The van der Waals surface area contributed by atoms with E-state index in [9.17, 15) is 0 Å². The van der Waals surface area contributed by atoms with Gasteiger partial charge in [-0.2, -0.15) is 0 Å². The molecule has 0 atom stereocenters. The molecule has 0 N–H and O–H groups in total. The molecule has 2 aromatic carbocycles. The minimum absolute atomic E-state index is 0.319. The van der Waals surface area contributed by atoms with Gasteiger partial charge < -0.3 is 14.2 Å². The summed E-state index contributed by atoms with van der Waals surface area (Å²) in [7, 11) is -0.319. The second-order valence-corrected chi connectivity index (χ2v) is 10.9. The molecule has 2 aromatic rings. The van der Waals surface area contributed by atoms with Gasteiger partial charge in [-0.1, -0.05) is 69.0 Å². The number of unbranched alkanes of at least 4 members (excludes halogenated alkanes) is 5. The summed E-state index contributed by atoms with van der Waals surface area (Å²) in [5.41, 5.74) is 3.09. The molecule has 166 valence electrons. The van der Waals surface area contributed by atoms with Crippen molar-refractivity contribution in [2.45, 2.75) is 94.1 Å². The summed E-state index contributed by atoms with van der Waals surface area (Å²) in [4.78, 5) is 5.12. The largest absolute Gasteiger partial charge is 0.494 e. The molecule has 0 saturated carbocycles. The van der Waals surface area contributed by atoms with Crippen LogP contribution >= 0.6 is 11.8 Å². The number of nitrogens with zero attached hydrogens (tertiary/aromatic N) is 1. The summed E-state index contributed by atoms with van der Waals surface area (Å²) in [6.07, 6.45) is 7.87. The zero-order valence-corrected chi connectivity index (χ0v) is 20.6. The lowest BCUT2D eigenvalue weighted by molar-refractivity contribution is 0.00578. The Morgan fingerprint density at radius 1 is 0.806 bits per heavy atom. The highest BCUT2D eigenvalue weighted by Crippen LogP contribution is 2.48. The molecule has 5 heteroatoms. The van der Waals surface area contributed by atoms with Crippen LogP contribution in [0, 0.1) is 0 Å². The number of para-hydroxylation sites is 1. The number of anilines is 2. The molecule has 0 aromatic heterocycles. The van der Waals surface area contributed by atoms with E-state index in [1.165, 1.54) is 59.7 Å². The molecule has 3 nitrogen and oxygen atoms in total. The van der Waals surface area contributed by atoms with Crippen LogP contribution in [0.1, 0.15) is 73.1 Å². The maximum absolute atomic E-state index is 6.30. The van der Waals surface area contributed by atoms with Crippen LogP contribution in [-0.4, -0.2) is 24.9 Å². The van der Waals surface area contributed by atoms with Gasteiger partial charge in [0.05, 0.1) is 22.6 Å². The van der Waals surface area contributed by atoms with Gasteiger partial charge in [0, 0.05) is 16.3 Å². The quantitative estimate of drug-likeness (QED) is 0.329. The van der Waals surface area contributed by atoms with Crippen molar-refractivity contribution in [2.24, 2.45) is 0 Å². The molecule has 0 aliphatic carbocycles. The molecule has 0 amide bonds. The minimum Gasteiger partial charge on any atom is -0.399 e. The highest BCUT2D eigenvalue weighted by atomic mass is 32.2. The average Bonchev–Trinajstić information content (AvgIpc) is 2.96. The van der Waals surface area contributed by atoms with Crippen molar-refractivity contribution >= 4 is 35.7 Å². The van der Waals surface area contributed by atoms with E-state index in [1.54, 1.807) is 0 Å². The first-order valence-electron chi connectivity index (χ1n) is 11.9. The molecular formula is C26H36BNO2S. The van der Waals surface area contributed by atoms with E-state index in [2.05, 4.69) is 82.0 Å². The Morgan fingerprint density at radius 2 is 1.45 bits per heavy atom. The molecule has 2 aliphatic rings. The summed E-state index contributed by atoms with van der Waals surface area (Å²) >= 11 is 1.86. The van der Waals surface area contributed by atoms with Gasteiger partial charge in [0.2, 0.25) is 0 Å². The van der Waals surface area contributed by atoms with Gasteiger partial charge in [-0.3, -0.25) is 0 Å². The Bertz CT molecular complexity index is 898. The van der Waals surface area contributed by atoms with Gasteiger partial charge in [0.15, 0.2) is 0 Å². The van der Waals surface area contributed by atoms with Crippen molar-refractivity contribution in [1.82, 2.24) is 0 Å². The van der Waals surface area contributed by atoms with E-state index in [4.69, 9.17) is 9.31 Å². The molecule has 0 spiro atoms. The van der Waals surface area contributed by atoms with E-state index >= 15 is 0 Å². The third-order valence-corrected chi connectivity index (χ3v) is 8.02. The second kappa shape index (κ2) is 9.21. The van der Waals surface area contributed by atoms with E-state index in [1.807, 2.05) is 11.8 Å². The monoisotopic (exact) mass is 437 g/mol. The Kier molecular flexibility index (Phi) is 6.76. The van der Waals surface area contributed by atoms with Gasteiger partial charge in [-0.25, -0.2) is 0 Å². The Morgan fingerprint density at radius 3 is 2.19 bits per heavy atom. The van der Waals surface area contributed by atoms with Crippen LogP contribution in [0.5, 0.6) is 0 Å². The smallest absolute Gasteiger partial charge is 0.399 e. The van der Waals surface area contributed by atoms with Crippen molar-refractivity contribution in [3.63, 3.8) is 0 Å². The second-order valence-electron chi connectivity index (χ2n) is 9.80. The maximum atomic E-state index is 6.30. The van der Waals surface area contributed by atoms with Gasteiger partial charge in [-0.15, -0.1) is 0 Å². The highest BCUT2D eigenvalue weighted by Gasteiger charge is 2.51. The van der Waals surface area contributed by atoms with Gasteiger partial charge in [0.25, 0.3) is 0 Å². The first kappa shape index (κ1) is 22.8. The van der Waals surface area contributed by atoms with Crippen LogP contribution in [0.3, 0.4) is 0 Å². The van der Waals surface area contributed by atoms with Gasteiger partial charge >= 0.3 is 7.12 Å². The number of hydrogen-bond acceptors (Lipinski definition) is 4. The molecule has 0 unspecified atom stereocenters. The molecule has 0 radical (unpaired) electrons. The maximum Gasteiger partial charge on any atom is 0.494 e. The Balaban J connectivity index is 1.54. The lowest BCUT2D eigenvalue weighted by Gasteiger charge is -2.33. The molecule has 0 bridgehead atoms. The summed E-state index contributed by atoms with van der Waals surface area (Å²) in [6, 6.07) is 15.5. The Hall–Kier alpha value is -1.43. The third-order valence-electron chi connectivity index (χ3n) is 6.91. The topological polar surface area (TPSA) is 21.7 Å². The van der Waals surface area contributed by atoms with Crippen LogP contribution in [0.2, 0.25) is 0 Å². The molecular weight excluding hydrogens is 401 g/mol. The first-order valence-corrected chi connectivity index (χ1v) is 12.7. The summed E-state index contributed by atoms with van der Waals surface area (Å²) in [6.45, 7) is 11.8. The van der Waals surface area contributed by atoms with Gasteiger partial charge in [0.1, 0.15) is 0 Å². The fourth-order valence-electron chi connectivity index (χ4n) is 4.27. The minimum atomic E-state index is -0.322. The fourth-order valence-corrected chi connectivity index (χ4v) is 5.41. The summed E-state index contributed by atoms with van der Waals surface area (Å²) < 4.78 is 12.6. The molecule has 1 fully saturated rings. The lowest BCUT2D eigenvalue weighted by atomic mass is 9.79. The average molecular weight is 437 g/mol. The molecule has 1 saturated heterocycles. The molecule has 2 aliphatic heterocycles. The predicted molar refractivity (Wildman–Crippen MR) is 133 cm³/mol. The van der Waals surface area contributed by atoms with Crippen molar-refractivity contribution < 1.29 is 9.31 Å². The number of fused-ring (bicyclic) bond motifs is 2. The lowest BCUT2D eigenvalue weighted by Crippen LogP contribution is -2.41. The van der Waals surface area contributed by atoms with Gasteiger partial charge in [-0.05, 0) is 63.8 Å². The molecule has 31 heavy (non-hydrogen) atoms. The standard InChI is InChI=1S/C26H36BNO2S/c1-6-7-8-9-10-13-18-28-21-14-11-12-15-23(21)31-24-19-20(16-17-22(24)28)27-29-25(2,3)26(4,5)30-27/h11-12,14-17,19H,6-10,13,18H2,1-5H3. The van der Waals surface area contributed by atoms with Crippen molar-refractivity contribution in [2.75, 3.05) is 11.4 Å². The fraction of sp³-hybridized carbons (Fsp3) is 0.538. The van der Waals surface area contributed by atoms with Crippen molar-refractivity contribution in [3.05, 3.63) is 42.5 Å². The zero-order chi connectivity index (χ0) is 22.1. The predicted octanol–water partition coefficient (Wildman–Crippen LogP) is 6.95. The normalized spacial score (nSPS) is 18.7. The van der Waals surface area contributed by atoms with E-state index in [0.29, 0.717) is 0 Å². The van der Waals surface area contributed by atoms with Crippen LogP contribution in [0.4, 0.5) is 11.4 Å². The zero-order valence-electron chi connectivity index (χ0n) is 19.7. The van der Waals surface area contributed by atoms with Crippen molar-refractivity contribution in [3.8, 4) is 0 Å². The van der Waals surface area contributed by atoms with Crippen molar-refractivity contribution in [1.29, 1.82) is 0 Å². The van der Waals surface area contributed by atoms with Crippen LogP contribution in [0.25, 0.3) is 0 Å². The number of benzene rings is 2. The van der Waals surface area contributed by atoms with E-state index < -0.39 is 0 Å². The van der Waals surface area contributed by atoms with Crippen LogP contribution in [0.15, 0.2) is 52.3 Å². The van der Waals surface area contributed by atoms with Crippen LogP contribution < -0.4 is 10.4 Å². The Labute approximate surface area is 193 Å². The SMILES string of the molecule is CCCCCCCCN1c2ccccc2Sc2cc(B3OC(C)(C)C(C)(C)O3)ccc21. The highest BCUT2D eigenvalue weighted by molar-refractivity contribution is 7.99. The number of rotatable bonds is 8. The molecule has 4 rings (SSSR count). The third kappa shape index (κ3) is 4.69. The van der Waals surface area contributed by atoms with E-state index in [-0.39, 0.29) is 18.3 Å². The molecule has 2 heterocycles. The number of hydrogen-bond donors (Lipinski definition) is 0. The first-order chi connectivity index (χ1) is 14.8. The summed E-state index contributed by atoms with van der Waals surface area (Å²) in [5.74, 6) is 0. The summed E-state index contributed by atoms with van der Waals surface area (Å²) in [5, 5.41) is 0. The van der Waals surface area contributed by atoms with E-state index in [0.717, 1.165) is 12.0 Å².